The van der Waals surface area contributed by atoms with Gasteiger partial charge in [0.2, 0.25) is 0 Å². The maximum absolute atomic E-state index is 10.0. The second kappa shape index (κ2) is 5.65. The third kappa shape index (κ3) is 4.49. The highest BCUT2D eigenvalue weighted by Gasteiger charge is 2.14. The number of aliphatic hydroxyl groups excluding tert-OH is 1. The molecule has 0 bridgehead atoms. The molecular formula is C15H25NO. The normalized spacial score (nSPS) is 14.1. The molecule has 2 nitrogen and oxygen atoms in total. The Morgan fingerprint density at radius 3 is 2.06 bits per heavy atom. The van der Waals surface area contributed by atoms with Crippen molar-refractivity contribution in [3.05, 3.63) is 35.4 Å². The molecule has 0 saturated heterocycles. The largest absolute Gasteiger partial charge is 0.388 e. The van der Waals surface area contributed by atoms with Crippen LogP contribution < -0.4 is 0 Å². The molecule has 1 rings (SSSR count). The van der Waals surface area contributed by atoms with Gasteiger partial charge < -0.3 is 10.0 Å². The third-order valence-electron chi connectivity index (χ3n) is 3.01. The van der Waals surface area contributed by atoms with E-state index in [4.69, 9.17) is 0 Å². The first-order valence-corrected chi connectivity index (χ1v) is 6.24. The van der Waals surface area contributed by atoms with Crippen LogP contribution in [0.25, 0.3) is 0 Å². The van der Waals surface area contributed by atoms with Crippen molar-refractivity contribution < 1.29 is 5.11 Å². The Labute approximate surface area is 105 Å². The van der Waals surface area contributed by atoms with Crippen LogP contribution in [-0.4, -0.2) is 30.6 Å². The lowest BCUT2D eigenvalue weighted by atomic mass is 9.86. The highest BCUT2D eigenvalue weighted by atomic mass is 16.3. The van der Waals surface area contributed by atoms with Gasteiger partial charge in [-0.2, -0.15) is 0 Å². The SMILES string of the molecule is CN(C)CCC(O)c1ccc(C(C)(C)C)cc1. The van der Waals surface area contributed by atoms with Crippen molar-refractivity contribution in [2.45, 2.75) is 38.7 Å². The summed E-state index contributed by atoms with van der Waals surface area (Å²) in [7, 11) is 4.05. The molecule has 1 aromatic carbocycles. The van der Waals surface area contributed by atoms with Crippen LogP contribution in [0.15, 0.2) is 24.3 Å². The zero-order valence-corrected chi connectivity index (χ0v) is 11.7. The van der Waals surface area contributed by atoms with Gasteiger partial charge >= 0.3 is 0 Å². The Balaban J connectivity index is 2.67. The summed E-state index contributed by atoms with van der Waals surface area (Å²) in [5, 5.41) is 10.0. The van der Waals surface area contributed by atoms with E-state index in [2.05, 4.69) is 37.8 Å². The molecule has 0 aliphatic rings. The van der Waals surface area contributed by atoms with Gasteiger partial charge in [-0.1, -0.05) is 45.0 Å². The average Bonchev–Trinajstić information content (AvgIpc) is 2.25. The van der Waals surface area contributed by atoms with E-state index in [9.17, 15) is 5.11 Å². The van der Waals surface area contributed by atoms with Crippen molar-refractivity contribution in [2.24, 2.45) is 0 Å². The summed E-state index contributed by atoms with van der Waals surface area (Å²) in [6, 6.07) is 8.32. The minimum atomic E-state index is -0.355. The van der Waals surface area contributed by atoms with E-state index < -0.39 is 0 Å². The van der Waals surface area contributed by atoms with Crippen molar-refractivity contribution in [3.8, 4) is 0 Å². The summed E-state index contributed by atoms with van der Waals surface area (Å²) >= 11 is 0. The summed E-state index contributed by atoms with van der Waals surface area (Å²) in [4.78, 5) is 2.09. The average molecular weight is 235 g/mol. The van der Waals surface area contributed by atoms with Gasteiger partial charge in [0.25, 0.3) is 0 Å². The van der Waals surface area contributed by atoms with Crippen LogP contribution in [-0.2, 0) is 5.41 Å². The molecule has 0 fully saturated rings. The van der Waals surface area contributed by atoms with E-state index >= 15 is 0 Å². The van der Waals surface area contributed by atoms with Crippen LogP contribution in [0, 0.1) is 0 Å². The van der Waals surface area contributed by atoms with Gasteiger partial charge in [0.05, 0.1) is 6.10 Å². The molecule has 1 atom stereocenters. The fraction of sp³-hybridized carbons (Fsp3) is 0.600. The van der Waals surface area contributed by atoms with Crippen molar-refractivity contribution >= 4 is 0 Å². The van der Waals surface area contributed by atoms with Gasteiger partial charge in [-0.05, 0) is 37.1 Å². The van der Waals surface area contributed by atoms with E-state index in [1.165, 1.54) is 5.56 Å². The minimum Gasteiger partial charge on any atom is -0.388 e. The lowest BCUT2D eigenvalue weighted by Gasteiger charge is -2.20. The Morgan fingerprint density at radius 1 is 1.12 bits per heavy atom. The molecule has 0 heterocycles. The first-order valence-electron chi connectivity index (χ1n) is 6.24. The van der Waals surface area contributed by atoms with Gasteiger partial charge in [0.15, 0.2) is 0 Å². The predicted octanol–water partition coefficient (Wildman–Crippen LogP) is 2.97. The van der Waals surface area contributed by atoms with Crippen molar-refractivity contribution in [2.75, 3.05) is 20.6 Å². The van der Waals surface area contributed by atoms with Crippen molar-refractivity contribution in [3.63, 3.8) is 0 Å². The molecule has 0 saturated carbocycles. The molecule has 1 aromatic rings. The Bertz CT molecular complexity index is 335. The Morgan fingerprint density at radius 2 is 1.65 bits per heavy atom. The van der Waals surface area contributed by atoms with E-state index in [0.29, 0.717) is 0 Å². The zero-order chi connectivity index (χ0) is 13.1. The molecule has 0 aliphatic carbocycles. The zero-order valence-electron chi connectivity index (χ0n) is 11.7. The number of hydrogen-bond donors (Lipinski definition) is 1. The molecule has 0 aliphatic heterocycles. The summed E-state index contributed by atoms with van der Waals surface area (Å²) in [6.45, 7) is 7.50. The highest BCUT2D eigenvalue weighted by Crippen LogP contribution is 2.24. The first kappa shape index (κ1) is 14.2. The molecule has 2 heteroatoms. The summed E-state index contributed by atoms with van der Waals surface area (Å²) in [5.41, 5.74) is 2.49. The highest BCUT2D eigenvalue weighted by molar-refractivity contribution is 5.28. The summed E-state index contributed by atoms with van der Waals surface area (Å²) in [6.07, 6.45) is 0.424. The lowest BCUT2D eigenvalue weighted by Crippen LogP contribution is -2.16. The standard InChI is InChI=1S/C15H25NO/c1-15(2,3)13-8-6-12(7-9-13)14(17)10-11-16(4)5/h6-9,14,17H,10-11H2,1-5H3. The number of hydrogen-bond acceptors (Lipinski definition) is 2. The van der Waals surface area contributed by atoms with Gasteiger partial charge in [-0.15, -0.1) is 0 Å². The van der Waals surface area contributed by atoms with Crippen LogP contribution in [0.4, 0.5) is 0 Å². The maximum atomic E-state index is 10.0. The molecule has 96 valence electrons. The van der Waals surface area contributed by atoms with Gasteiger partial charge in [-0.3, -0.25) is 0 Å². The smallest absolute Gasteiger partial charge is 0.0802 e. The number of rotatable bonds is 4. The number of benzene rings is 1. The molecule has 0 radical (unpaired) electrons. The Kier molecular flexibility index (Phi) is 4.72. The minimum absolute atomic E-state index is 0.174. The summed E-state index contributed by atoms with van der Waals surface area (Å²) < 4.78 is 0. The van der Waals surface area contributed by atoms with Crippen molar-refractivity contribution in [1.29, 1.82) is 0 Å². The second-order valence-corrected chi connectivity index (χ2v) is 5.98. The van der Waals surface area contributed by atoms with Crippen molar-refractivity contribution in [1.82, 2.24) is 4.90 Å². The van der Waals surface area contributed by atoms with Crippen LogP contribution >= 0.6 is 0 Å². The van der Waals surface area contributed by atoms with Crippen LogP contribution in [0.3, 0.4) is 0 Å². The molecule has 1 N–H and O–H groups in total. The van der Waals surface area contributed by atoms with Crippen LogP contribution in [0.5, 0.6) is 0 Å². The van der Waals surface area contributed by atoms with E-state index in [0.717, 1.165) is 18.5 Å². The van der Waals surface area contributed by atoms with E-state index in [-0.39, 0.29) is 11.5 Å². The van der Waals surface area contributed by atoms with Gasteiger partial charge in [0, 0.05) is 6.54 Å². The molecule has 0 aromatic heterocycles. The molecule has 0 amide bonds. The summed E-state index contributed by atoms with van der Waals surface area (Å²) in [5.74, 6) is 0. The van der Waals surface area contributed by atoms with Crippen LogP contribution in [0.2, 0.25) is 0 Å². The second-order valence-electron chi connectivity index (χ2n) is 5.98. The molecule has 17 heavy (non-hydrogen) atoms. The maximum Gasteiger partial charge on any atom is 0.0802 e. The fourth-order valence-electron chi connectivity index (χ4n) is 1.75. The third-order valence-corrected chi connectivity index (χ3v) is 3.01. The molecule has 1 unspecified atom stereocenters. The fourth-order valence-corrected chi connectivity index (χ4v) is 1.75. The predicted molar refractivity (Wildman–Crippen MR) is 73.3 cm³/mol. The number of aliphatic hydroxyl groups is 1. The van der Waals surface area contributed by atoms with Gasteiger partial charge in [0.1, 0.15) is 0 Å². The Hall–Kier alpha value is -0.860. The monoisotopic (exact) mass is 235 g/mol. The molecular weight excluding hydrogens is 210 g/mol. The lowest BCUT2D eigenvalue weighted by molar-refractivity contribution is 0.154. The van der Waals surface area contributed by atoms with Crippen LogP contribution in [0.1, 0.15) is 44.4 Å². The molecule has 0 spiro atoms. The number of nitrogens with zero attached hydrogens (tertiary/aromatic N) is 1. The quantitative estimate of drug-likeness (QED) is 0.867. The van der Waals surface area contributed by atoms with Gasteiger partial charge in [-0.25, -0.2) is 0 Å². The first-order chi connectivity index (χ1) is 7.80. The van der Waals surface area contributed by atoms with E-state index in [1.54, 1.807) is 0 Å². The topological polar surface area (TPSA) is 23.5 Å². The van der Waals surface area contributed by atoms with E-state index in [1.807, 2.05) is 26.2 Å².